The largest absolute Gasteiger partial charge is 0.477 e. The molecule has 0 spiro atoms. The maximum atomic E-state index is 10.9. The van der Waals surface area contributed by atoms with E-state index in [2.05, 4.69) is 20.9 Å². The average Bonchev–Trinajstić information content (AvgIpc) is 2.34. The van der Waals surface area contributed by atoms with Gasteiger partial charge in [0.25, 0.3) is 0 Å². The Bertz CT molecular complexity index is 604. The molecule has 0 atom stereocenters. The molecule has 0 aliphatic carbocycles. The SMILES string of the molecule is Nc1ccc(C(=O)O)nc1Sc1ccccc1Br. The molecule has 2 aromatic rings. The Kier molecular flexibility index (Phi) is 3.88. The predicted molar refractivity (Wildman–Crippen MR) is 73.9 cm³/mol. The van der Waals surface area contributed by atoms with E-state index in [9.17, 15) is 4.79 Å². The molecule has 1 heterocycles. The summed E-state index contributed by atoms with van der Waals surface area (Å²) < 4.78 is 0.914. The number of aromatic carboxylic acids is 1. The van der Waals surface area contributed by atoms with E-state index < -0.39 is 5.97 Å². The quantitative estimate of drug-likeness (QED) is 0.906. The number of carboxylic acids is 1. The van der Waals surface area contributed by atoms with Crippen molar-refractivity contribution < 1.29 is 9.90 Å². The van der Waals surface area contributed by atoms with Gasteiger partial charge < -0.3 is 10.8 Å². The Balaban J connectivity index is 2.37. The highest BCUT2D eigenvalue weighted by Crippen LogP contribution is 2.34. The van der Waals surface area contributed by atoms with Crippen LogP contribution in [0.2, 0.25) is 0 Å². The summed E-state index contributed by atoms with van der Waals surface area (Å²) in [5, 5.41) is 9.39. The van der Waals surface area contributed by atoms with Crippen LogP contribution in [0.1, 0.15) is 10.5 Å². The summed E-state index contributed by atoms with van der Waals surface area (Å²) in [5.41, 5.74) is 6.24. The van der Waals surface area contributed by atoms with Crippen LogP contribution in [0.5, 0.6) is 0 Å². The summed E-state index contributed by atoms with van der Waals surface area (Å²) in [6.45, 7) is 0. The summed E-state index contributed by atoms with van der Waals surface area (Å²) in [5.74, 6) is -1.07. The first-order valence-corrected chi connectivity index (χ1v) is 6.61. The fourth-order valence-electron chi connectivity index (χ4n) is 1.28. The van der Waals surface area contributed by atoms with Crippen LogP contribution < -0.4 is 5.73 Å². The zero-order chi connectivity index (χ0) is 13.1. The molecular weight excluding hydrogens is 316 g/mol. The normalized spacial score (nSPS) is 10.3. The molecule has 2 rings (SSSR count). The van der Waals surface area contributed by atoms with Crippen LogP contribution in [-0.4, -0.2) is 16.1 Å². The van der Waals surface area contributed by atoms with Gasteiger partial charge in [-0.1, -0.05) is 23.9 Å². The van der Waals surface area contributed by atoms with Gasteiger partial charge in [-0.25, -0.2) is 9.78 Å². The molecule has 4 nitrogen and oxygen atoms in total. The number of halogens is 1. The number of carbonyl (C=O) groups is 1. The topological polar surface area (TPSA) is 76.2 Å². The molecule has 0 saturated carbocycles. The Morgan fingerprint density at radius 2 is 2.00 bits per heavy atom. The lowest BCUT2D eigenvalue weighted by Crippen LogP contribution is -2.02. The Hall–Kier alpha value is -1.53. The minimum atomic E-state index is -1.07. The summed E-state index contributed by atoms with van der Waals surface area (Å²) >= 11 is 4.75. The molecule has 6 heteroatoms. The third kappa shape index (κ3) is 2.83. The molecule has 0 aliphatic rings. The van der Waals surface area contributed by atoms with Gasteiger partial charge in [-0.15, -0.1) is 0 Å². The summed E-state index contributed by atoms with van der Waals surface area (Å²) in [6.07, 6.45) is 0. The zero-order valence-corrected chi connectivity index (χ0v) is 11.5. The number of benzene rings is 1. The summed E-state index contributed by atoms with van der Waals surface area (Å²) in [7, 11) is 0. The standard InChI is InChI=1S/C12H9BrN2O2S/c13-7-3-1-2-4-10(7)18-11-8(14)5-6-9(15-11)12(16)17/h1-6H,14H2,(H,16,17). The Morgan fingerprint density at radius 1 is 1.28 bits per heavy atom. The molecular formula is C12H9BrN2O2S. The van der Waals surface area contributed by atoms with Crippen molar-refractivity contribution in [2.75, 3.05) is 5.73 Å². The second kappa shape index (κ2) is 5.41. The first kappa shape index (κ1) is 12.9. The fourth-order valence-corrected chi connectivity index (χ4v) is 2.66. The number of carboxylic acid groups (broad SMARTS) is 1. The summed E-state index contributed by atoms with van der Waals surface area (Å²) in [4.78, 5) is 15.8. The number of nitrogens with zero attached hydrogens (tertiary/aromatic N) is 1. The average molecular weight is 325 g/mol. The van der Waals surface area contributed by atoms with Crippen molar-refractivity contribution in [2.45, 2.75) is 9.92 Å². The van der Waals surface area contributed by atoms with Crippen LogP contribution in [0.3, 0.4) is 0 Å². The third-order valence-corrected chi connectivity index (χ3v) is 4.20. The van der Waals surface area contributed by atoms with Gasteiger partial charge in [-0.05, 0) is 40.2 Å². The van der Waals surface area contributed by atoms with Crippen molar-refractivity contribution in [2.24, 2.45) is 0 Å². The van der Waals surface area contributed by atoms with Crippen LogP contribution in [0.25, 0.3) is 0 Å². The first-order chi connectivity index (χ1) is 8.58. The van der Waals surface area contributed by atoms with E-state index in [0.717, 1.165) is 9.37 Å². The molecule has 0 fully saturated rings. The van der Waals surface area contributed by atoms with Gasteiger partial charge >= 0.3 is 5.97 Å². The fraction of sp³-hybridized carbons (Fsp3) is 0. The number of rotatable bonds is 3. The lowest BCUT2D eigenvalue weighted by Gasteiger charge is -2.06. The van der Waals surface area contributed by atoms with E-state index in [4.69, 9.17) is 10.8 Å². The minimum absolute atomic E-state index is 0.0150. The zero-order valence-electron chi connectivity index (χ0n) is 9.13. The Labute approximate surface area is 116 Å². The molecule has 0 saturated heterocycles. The van der Waals surface area contributed by atoms with Gasteiger partial charge in [-0.2, -0.15) is 0 Å². The van der Waals surface area contributed by atoms with Gasteiger partial charge in [-0.3, -0.25) is 0 Å². The lowest BCUT2D eigenvalue weighted by molar-refractivity contribution is 0.0690. The van der Waals surface area contributed by atoms with Crippen LogP contribution in [0.15, 0.2) is 50.8 Å². The third-order valence-electron chi connectivity index (χ3n) is 2.15. The van der Waals surface area contributed by atoms with Crippen LogP contribution in [0.4, 0.5) is 5.69 Å². The molecule has 0 amide bonds. The first-order valence-electron chi connectivity index (χ1n) is 5.00. The maximum Gasteiger partial charge on any atom is 0.354 e. The van der Waals surface area contributed by atoms with Crippen molar-refractivity contribution in [1.82, 2.24) is 4.98 Å². The molecule has 0 radical (unpaired) electrons. The molecule has 0 unspecified atom stereocenters. The van der Waals surface area contributed by atoms with Crippen LogP contribution in [-0.2, 0) is 0 Å². The minimum Gasteiger partial charge on any atom is -0.477 e. The smallest absolute Gasteiger partial charge is 0.354 e. The molecule has 3 N–H and O–H groups in total. The molecule has 0 aliphatic heterocycles. The second-order valence-corrected chi connectivity index (χ2v) is 5.31. The van der Waals surface area contributed by atoms with Crippen molar-refractivity contribution in [3.8, 4) is 0 Å². The number of hydrogen-bond donors (Lipinski definition) is 2. The van der Waals surface area contributed by atoms with Gasteiger partial charge in [0.15, 0.2) is 0 Å². The van der Waals surface area contributed by atoms with E-state index in [1.54, 1.807) is 6.07 Å². The number of nitrogen functional groups attached to an aromatic ring is 1. The second-order valence-electron chi connectivity index (χ2n) is 3.43. The highest BCUT2D eigenvalue weighted by molar-refractivity contribution is 9.10. The van der Waals surface area contributed by atoms with E-state index in [1.807, 2.05) is 24.3 Å². The number of aromatic nitrogens is 1. The Morgan fingerprint density at radius 3 is 2.67 bits per heavy atom. The van der Waals surface area contributed by atoms with E-state index in [-0.39, 0.29) is 5.69 Å². The van der Waals surface area contributed by atoms with Crippen LogP contribution in [0, 0.1) is 0 Å². The van der Waals surface area contributed by atoms with Crippen molar-refractivity contribution >= 4 is 39.3 Å². The number of hydrogen-bond acceptors (Lipinski definition) is 4. The highest BCUT2D eigenvalue weighted by Gasteiger charge is 2.11. The van der Waals surface area contributed by atoms with E-state index >= 15 is 0 Å². The van der Waals surface area contributed by atoms with Crippen LogP contribution >= 0.6 is 27.7 Å². The van der Waals surface area contributed by atoms with Crippen molar-refractivity contribution in [1.29, 1.82) is 0 Å². The molecule has 0 bridgehead atoms. The molecule has 1 aromatic heterocycles. The van der Waals surface area contributed by atoms with Crippen molar-refractivity contribution in [3.63, 3.8) is 0 Å². The van der Waals surface area contributed by atoms with Gasteiger partial charge in [0.2, 0.25) is 0 Å². The monoisotopic (exact) mass is 324 g/mol. The van der Waals surface area contributed by atoms with E-state index in [0.29, 0.717) is 10.7 Å². The van der Waals surface area contributed by atoms with Gasteiger partial charge in [0, 0.05) is 9.37 Å². The molecule has 18 heavy (non-hydrogen) atoms. The maximum absolute atomic E-state index is 10.9. The van der Waals surface area contributed by atoms with Crippen molar-refractivity contribution in [3.05, 3.63) is 46.6 Å². The highest BCUT2D eigenvalue weighted by atomic mass is 79.9. The van der Waals surface area contributed by atoms with Gasteiger partial charge in [0.1, 0.15) is 10.7 Å². The van der Waals surface area contributed by atoms with E-state index in [1.165, 1.54) is 17.8 Å². The molecule has 92 valence electrons. The molecule has 1 aromatic carbocycles. The number of nitrogens with two attached hydrogens (primary N) is 1. The van der Waals surface area contributed by atoms with Gasteiger partial charge in [0.05, 0.1) is 5.69 Å². The number of pyridine rings is 1. The lowest BCUT2D eigenvalue weighted by atomic mass is 10.3. The summed E-state index contributed by atoms with van der Waals surface area (Å²) in [6, 6.07) is 10.5. The predicted octanol–water partition coefficient (Wildman–Crippen LogP) is 3.28. The number of anilines is 1.